The molecule has 2 unspecified atom stereocenters. The molecule has 1 aliphatic rings. The number of ether oxygens (including phenoxy) is 1. The number of hydrogen-bond donors (Lipinski definition) is 2. The summed E-state index contributed by atoms with van der Waals surface area (Å²) >= 11 is 1.57. The van der Waals surface area contributed by atoms with E-state index in [1.165, 1.54) is 0 Å². The zero-order chi connectivity index (χ0) is 13.5. The van der Waals surface area contributed by atoms with E-state index in [1.54, 1.807) is 11.8 Å². The van der Waals surface area contributed by atoms with Gasteiger partial charge < -0.3 is 15.2 Å². The molecule has 6 heteroatoms. The highest BCUT2D eigenvalue weighted by Crippen LogP contribution is 2.23. The largest absolute Gasteiger partial charge is 0.480 e. The molecular weight excluding hydrogens is 254 g/mol. The highest BCUT2D eigenvalue weighted by atomic mass is 32.2. The number of thioether (sulfide) groups is 1. The van der Waals surface area contributed by atoms with E-state index in [1.807, 2.05) is 13.2 Å². The van der Waals surface area contributed by atoms with Gasteiger partial charge in [-0.1, -0.05) is 6.92 Å². The maximum Gasteiger partial charge on any atom is 0.326 e. The molecule has 104 valence electrons. The number of aliphatic carboxylic acids is 1. The Labute approximate surface area is 112 Å². The van der Waals surface area contributed by atoms with Crippen molar-refractivity contribution < 1.29 is 19.4 Å². The lowest BCUT2D eigenvalue weighted by atomic mass is 9.98. The van der Waals surface area contributed by atoms with Crippen LogP contribution in [0, 0.1) is 5.92 Å². The van der Waals surface area contributed by atoms with E-state index >= 15 is 0 Å². The SMILES string of the molecule is CCC1OCCC1C(=O)N[C@H](CCSC)C(=O)O. The van der Waals surface area contributed by atoms with Crippen molar-refractivity contribution >= 4 is 23.6 Å². The molecule has 0 bridgehead atoms. The van der Waals surface area contributed by atoms with Gasteiger partial charge in [0.2, 0.25) is 5.91 Å². The van der Waals surface area contributed by atoms with E-state index in [0.29, 0.717) is 19.4 Å². The van der Waals surface area contributed by atoms with Gasteiger partial charge in [-0.05, 0) is 31.3 Å². The summed E-state index contributed by atoms with van der Waals surface area (Å²) in [7, 11) is 0. The van der Waals surface area contributed by atoms with Crippen LogP contribution in [0.1, 0.15) is 26.2 Å². The van der Waals surface area contributed by atoms with Gasteiger partial charge in [-0.2, -0.15) is 11.8 Å². The molecule has 1 amide bonds. The summed E-state index contributed by atoms with van der Waals surface area (Å²) in [5.41, 5.74) is 0. The molecule has 1 saturated heterocycles. The van der Waals surface area contributed by atoms with E-state index in [0.717, 1.165) is 12.2 Å². The van der Waals surface area contributed by atoms with Gasteiger partial charge in [0, 0.05) is 6.61 Å². The number of carbonyl (C=O) groups is 2. The Morgan fingerprint density at radius 1 is 1.56 bits per heavy atom. The fraction of sp³-hybridized carbons (Fsp3) is 0.833. The lowest BCUT2D eigenvalue weighted by Crippen LogP contribution is -2.45. The topological polar surface area (TPSA) is 75.6 Å². The van der Waals surface area contributed by atoms with Crippen LogP contribution in [-0.2, 0) is 14.3 Å². The number of carboxylic acids is 1. The summed E-state index contributed by atoms with van der Waals surface area (Å²) in [4.78, 5) is 23.1. The highest BCUT2D eigenvalue weighted by molar-refractivity contribution is 7.98. The Balaban J connectivity index is 2.52. The first-order valence-electron chi connectivity index (χ1n) is 6.23. The predicted octanol–water partition coefficient (Wildman–Crippen LogP) is 1.12. The maximum atomic E-state index is 12.0. The van der Waals surface area contributed by atoms with Gasteiger partial charge in [-0.25, -0.2) is 4.79 Å². The predicted molar refractivity (Wildman–Crippen MR) is 70.7 cm³/mol. The van der Waals surface area contributed by atoms with Gasteiger partial charge in [-0.15, -0.1) is 0 Å². The first-order valence-corrected chi connectivity index (χ1v) is 7.63. The van der Waals surface area contributed by atoms with Crippen LogP contribution in [0.15, 0.2) is 0 Å². The number of hydrogen-bond acceptors (Lipinski definition) is 4. The molecule has 5 nitrogen and oxygen atoms in total. The summed E-state index contributed by atoms with van der Waals surface area (Å²) in [5.74, 6) is -0.640. The van der Waals surface area contributed by atoms with Crippen LogP contribution < -0.4 is 5.32 Å². The van der Waals surface area contributed by atoms with Crippen molar-refractivity contribution in [2.24, 2.45) is 5.92 Å². The van der Waals surface area contributed by atoms with Crippen molar-refractivity contribution in [3.05, 3.63) is 0 Å². The average molecular weight is 275 g/mol. The number of nitrogens with one attached hydrogen (secondary N) is 1. The molecule has 0 radical (unpaired) electrons. The normalized spacial score (nSPS) is 24.8. The molecule has 1 fully saturated rings. The minimum absolute atomic E-state index is 0.0694. The number of carbonyl (C=O) groups excluding carboxylic acids is 1. The Morgan fingerprint density at radius 2 is 2.28 bits per heavy atom. The van der Waals surface area contributed by atoms with E-state index < -0.39 is 12.0 Å². The Morgan fingerprint density at radius 3 is 2.83 bits per heavy atom. The van der Waals surface area contributed by atoms with Crippen molar-refractivity contribution in [1.82, 2.24) is 5.32 Å². The molecule has 18 heavy (non-hydrogen) atoms. The minimum Gasteiger partial charge on any atom is -0.480 e. The first kappa shape index (κ1) is 15.3. The van der Waals surface area contributed by atoms with Crippen LogP contribution in [0.3, 0.4) is 0 Å². The summed E-state index contributed by atoms with van der Waals surface area (Å²) in [6, 6.07) is -0.789. The van der Waals surface area contributed by atoms with E-state index in [4.69, 9.17) is 9.84 Å². The smallest absolute Gasteiger partial charge is 0.326 e. The second-order valence-corrected chi connectivity index (χ2v) is 5.38. The van der Waals surface area contributed by atoms with E-state index in [9.17, 15) is 9.59 Å². The first-order chi connectivity index (χ1) is 8.60. The number of amides is 1. The summed E-state index contributed by atoms with van der Waals surface area (Å²) in [6.07, 6.45) is 3.76. The maximum absolute atomic E-state index is 12.0. The number of rotatable bonds is 7. The molecule has 0 aliphatic carbocycles. The Bertz CT molecular complexity index is 298. The van der Waals surface area contributed by atoms with Gasteiger partial charge in [0.15, 0.2) is 0 Å². The lowest BCUT2D eigenvalue weighted by Gasteiger charge is -2.20. The molecular formula is C12H21NO4S. The molecule has 0 aromatic rings. The van der Waals surface area contributed by atoms with Crippen molar-refractivity contribution in [2.75, 3.05) is 18.6 Å². The third-order valence-corrected chi connectivity index (χ3v) is 3.82. The van der Waals surface area contributed by atoms with Crippen molar-refractivity contribution in [3.63, 3.8) is 0 Å². The van der Waals surface area contributed by atoms with Crippen LogP contribution in [0.5, 0.6) is 0 Å². The molecule has 3 atom stereocenters. The summed E-state index contributed by atoms with van der Waals surface area (Å²) in [5, 5.41) is 11.7. The third-order valence-electron chi connectivity index (χ3n) is 3.17. The van der Waals surface area contributed by atoms with Crippen LogP contribution >= 0.6 is 11.8 Å². The molecule has 0 saturated carbocycles. The van der Waals surface area contributed by atoms with Gasteiger partial charge in [0.25, 0.3) is 0 Å². The fourth-order valence-corrected chi connectivity index (χ4v) is 2.59. The molecule has 1 rings (SSSR count). The summed E-state index contributed by atoms with van der Waals surface area (Å²) < 4.78 is 5.45. The van der Waals surface area contributed by atoms with Crippen molar-refractivity contribution in [3.8, 4) is 0 Å². The molecule has 0 aromatic heterocycles. The van der Waals surface area contributed by atoms with Crippen LogP contribution in [-0.4, -0.2) is 47.7 Å². The van der Waals surface area contributed by atoms with Crippen molar-refractivity contribution in [2.45, 2.75) is 38.3 Å². The van der Waals surface area contributed by atoms with Gasteiger partial charge in [0.05, 0.1) is 12.0 Å². The molecule has 1 heterocycles. The van der Waals surface area contributed by atoms with Crippen LogP contribution in [0.25, 0.3) is 0 Å². The molecule has 2 N–H and O–H groups in total. The zero-order valence-electron chi connectivity index (χ0n) is 10.8. The van der Waals surface area contributed by atoms with Crippen LogP contribution in [0.4, 0.5) is 0 Å². The van der Waals surface area contributed by atoms with E-state index in [-0.39, 0.29) is 17.9 Å². The van der Waals surface area contributed by atoms with Gasteiger partial charge >= 0.3 is 5.97 Å². The standard InChI is InChI=1S/C12H21NO4S/c1-3-10-8(4-6-17-10)11(14)13-9(12(15)16)5-7-18-2/h8-10H,3-7H2,1-2H3,(H,13,14)(H,15,16)/t8?,9-,10?/m1/s1. The average Bonchev–Trinajstić information content (AvgIpc) is 2.82. The monoisotopic (exact) mass is 275 g/mol. The zero-order valence-corrected chi connectivity index (χ0v) is 11.7. The Kier molecular flexibility index (Phi) is 6.49. The number of carboxylic acid groups (broad SMARTS) is 1. The third kappa shape index (κ3) is 4.17. The lowest BCUT2D eigenvalue weighted by molar-refractivity contribution is -0.142. The van der Waals surface area contributed by atoms with Gasteiger partial charge in [-0.3, -0.25) is 4.79 Å². The molecule has 0 aromatic carbocycles. The molecule has 0 spiro atoms. The highest BCUT2D eigenvalue weighted by Gasteiger charge is 2.34. The van der Waals surface area contributed by atoms with Crippen LogP contribution in [0.2, 0.25) is 0 Å². The van der Waals surface area contributed by atoms with Gasteiger partial charge in [0.1, 0.15) is 6.04 Å². The second-order valence-electron chi connectivity index (χ2n) is 4.39. The van der Waals surface area contributed by atoms with Crippen molar-refractivity contribution in [1.29, 1.82) is 0 Å². The van der Waals surface area contributed by atoms with E-state index in [2.05, 4.69) is 5.32 Å². The quantitative estimate of drug-likeness (QED) is 0.728. The molecule has 1 aliphatic heterocycles. The fourth-order valence-electron chi connectivity index (χ4n) is 2.12. The minimum atomic E-state index is -0.968. The second kappa shape index (κ2) is 7.63. The summed E-state index contributed by atoms with van der Waals surface area (Å²) in [6.45, 7) is 2.55. The Hall–Kier alpha value is -0.750.